The summed E-state index contributed by atoms with van der Waals surface area (Å²) < 4.78 is 0. The first-order valence-corrected chi connectivity index (χ1v) is 13.1. The lowest BCUT2D eigenvalue weighted by atomic mass is 9.79. The van der Waals surface area contributed by atoms with Gasteiger partial charge in [0.25, 0.3) is 0 Å². The summed E-state index contributed by atoms with van der Waals surface area (Å²) in [5.41, 5.74) is 10.5. The van der Waals surface area contributed by atoms with Crippen LogP contribution in [-0.2, 0) is 5.54 Å². The molecule has 0 bridgehead atoms. The van der Waals surface area contributed by atoms with Crippen molar-refractivity contribution < 1.29 is 0 Å². The molecular weight excluding hydrogens is 436 g/mol. The number of hydrogen-bond acceptors (Lipinski definition) is 2. The van der Waals surface area contributed by atoms with Crippen molar-refractivity contribution in [1.82, 2.24) is 10.2 Å². The van der Waals surface area contributed by atoms with Crippen molar-refractivity contribution >= 4 is 5.70 Å². The van der Waals surface area contributed by atoms with Crippen LogP contribution >= 0.6 is 0 Å². The van der Waals surface area contributed by atoms with Crippen LogP contribution in [0.1, 0.15) is 55.5 Å². The Bertz CT molecular complexity index is 1410. The number of hydrogen-bond donors (Lipinski definition) is 1. The van der Waals surface area contributed by atoms with Gasteiger partial charge in [-0.3, -0.25) is 0 Å². The SMILES string of the molecule is CC(C)CC1=CCN2C(=C1)c1cc(-c3ccccc3)ccc1[C@]2(C)c1ccccc1C1C=CC=CN1. The quantitative estimate of drug-likeness (QED) is 0.407. The van der Waals surface area contributed by atoms with E-state index in [1.54, 1.807) is 0 Å². The molecule has 3 aromatic carbocycles. The molecule has 0 saturated heterocycles. The van der Waals surface area contributed by atoms with Crippen molar-refractivity contribution in [2.45, 2.75) is 38.8 Å². The number of dihydropyridines is 1. The number of nitrogens with zero attached hydrogens (tertiary/aromatic N) is 1. The van der Waals surface area contributed by atoms with E-state index in [0.29, 0.717) is 5.92 Å². The van der Waals surface area contributed by atoms with Crippen molar-refractivity contribution in [3.05, 3.63) is 137 Å². The number of rotatable bonds is 5. The van der Waals surface area contributed by atoms with Gasteiger partial charge in [0.2, 0.25) is 0 Å². The van der Waals surface area contributed by atoms with Gasteiger partial charge in [0.15, 0.2) is 0 Å². The van der Waals surface area contributed by atoms with Crippen LogP contribution in [0.4, 0.5) is 0 Å². The van der Waals surface area contributed by atoms with E-state index >= 15 is 0 Å². The van der Waals surface area contributed by atoms with E-state index in [9.17, 15) is 0 Å². The van der Waals surface area contributed by atoms with Gasteiger partial charge in [-0.05, 0) is 77.1 Å². The van der Waals surface area contributed by atoms with Crippen LogP contribution in [0, 0.1) is 5.92 Å². The predicted octanol–water partition coefficient (Wildman–Crippen LogP) is 7.97. The number of allylic oxidation sites excluding steroid dienone is 4. The molecule has 2 atom stereocenters. The molecule has 36 heavy (non-hydrogen) atoms. The van der Waals surface area contributed by atoms with Gasteiger partial charge in [-0.2, -0.15) is 0 Å². The molecule has 1 N–H and O–H groups in total. The van der Waals surface area contributed by atoms with Gasteiger partial charge < -0.3 is 10.2 Å². The molecule has 0 spiro atoms. The van der Waals surface area contributed by atoms with Crippen LogP contribution in [-0.4, -0.2) is 11.4 Å². The van der Waals surface area contributed by atoms with Crippen molar-refractivity contribution in [2.24, 2.45) is 5.92 Å². The summed E-state index contributed by atoms with van der Waals surface area (Å²) in [6, 6.07) is 27.0. The van der Waals surface area contributed by atoms with Crippen LogP contribution in [0.25, 0.3) is 16.8 Å². The lowest BCUT2D eigenvalue weighted by Crippen LogP contribution is -2.41. The zero-order valence-electron chi connectivity index (χ0n) is 21.4. The second-order valence-electron chi connectivity index (χ2n) is 10.7. The summed E-state index contributed by atoms with van der Waals surface area (Å²) in [4.78, 5) is 2.62. The Balaban J connectivity index is 1.54. The maximum Gasteiger partial charge on any atom is 0.0891 e. The zero-order chi connectivity index (χ0) is 24.7. The van der Waals surface area contributed by atoms with Gasteiger partial charge in [0.1, 0.15) is 0 Å². The highest BCUT2D eigenvalue weighted by Gasteiger charge is 2.47. The second-order valence-corrected chi connectivity index (χ2v) is 10.7. The number of fused-ring (bicyclic) bond motifs is 3. The van der Waals surface area contributed by atoms with E-state index in [4.69, 9.17) is 0 Å². The monoisotopic (exact) mass is 470 g/mol. The van der Waals surface area contributed by atoms with Crippen molar-refractivity contribution in [3.63, 3.8) is 0 Å². The average molecular weight is 471 g/mol. The van der Waals surface area contributed by atoms with Crippen molar-refractivity contribution in [3.8, 4) is 11.1 Å². The van der Waals surface area contributed by atoms with Crippen molar-refractivity contribution in [1.29, 1.82) is 0 Å². The fourth-order valence-corrected chi connectivity index (χ4v) is 6.16. The van der Waals surface area contributed by atoms with Crippen LogP contribution in [0.2, 0.25) is 0 Å². The normalized spacial score (nSPS) is 22.1. The molecule has 3 heterocycles. The molecular formula is C34H34N2. The summed E-state index contributed by atoms with van der Waals surface area (Å²) in [5, 5.41) is 3.56. The van der Waals surface area contributed by atoms with E-state index in [0.717, 1.165) is 13.0 Å². The van der Waals surface area contributed by atoms with Gasteiger partial charge in [-0.1, -0.05) is 98.8 Å². The van der Waals surface area contributed by atoms with E-state index < -0.39 is 0 Å². The standard InChI is InChI=1S/C34H34N2/c1-24(2)21-25-18-20-36-33(22-25)29-23-27(26-11-5-4-6-12-26)16-17-31(29)34(36,3)30-14-8-7-13-28(30)32-15-9-10-19-35-32/h4-19,22-24,32,35H,20-21H2,1-3H3/t32?,34-/m0/s1. The minimum Gasteiger partial charge on any atom is -0.381 e. The molecule has 0 radical (unpaired) electrons. The first-order valence-electron chi connectivity index (χ1n) is 13.1. The Morgan fingerprint density at radius 2 is 1.72 bits per heavy atom. The molecule has 3 aliphatic rings. The first kappa shape index (κ1) is 22.7. The van der Waals surface area contributed by atoms with Gasteiger partial charge in [-0.25, -0.2) is 0 Å². The summed E-state index contributed by atoms with van der Waals surface area (Å²) >= 11 is 0. The predicted molar refractivity (Wildman–Crippen MR) is 151 cm³/mol. The highest BCUT2D eigenvalue weighted by Crippen LogP contribution is 2.53. The maximum atomic E-state index is 3.56. The van der Waals surface area contributed by atoms with Crippen LogP contribution in [0.15, 0.2) is 115 Å². The molecule has 6 rings (SSSR count). The lowest BCUT2D eigenvalue weighted by Gasteiger charge is -2.41. The lowest BCUT2D eigenvalue weighted by molar-refractivity contribution is 0.261. The van der Waals surface area contributed by atoms with E-state index in [2.05, 4.69) is 134 Å². The molecule has 2 heteroatoms. The highest BCUT2D eigenvalue weighted by atomic mass is 15.2. The summed E-state index contributed by atoms with van der Waals surface area (Å²) in [6.45, 7) is 7.95. The fourth-order valence-electron chi connectivity index (χ4n) is 6.16. The third-order valence-electron chi connectivity index (χ3n) is 7.87. The summed E-state index contributed by atoms with van der Waals surface area (Å²) in [6.07, 6.45) is 14.5. The average Bonchev–Trinajstić information content (AvgIpc) is 3.17. The Labute approximate surface area is 215 Å². The number of nitrogens with one attached hydrogen (secondary N) is 1. The minimum atomic E-state index is -0.260. The van der Waals surface area contributed by atoms with Crippen molar-refractivity contribution in [2.75, 3.05) is 6.54 Å². The fraction of sp³-hybridized carbons (Fsp3) is 0.235. The largest absolute Gasteiger partial charge is 0.381 e. The first-order chi connectivity index (χ1) is 17.6. The molecule has 1 unspecified atom stereocenters. The van der Waals surface area contributed by atoms with Crippen LogP contribution in [0.3, 0.4) is 0 Å². The van der Waals surface area contributed by atoms with E-state index in [1.165, 1.54) is 44.7 Å². The Hall–Kier alpha value is -3.78. The third-order valence-corrected chi connectivity index (χ3v) is 7.87. The molecule has 180 valence electrons. The molecule has 0 aliphatic carbocycles. The minimum absolute atomic E-state index is 0.167. The zero-order valence-corrected chi connectivity index (χ0v) is 21.4. The number of benzene rings is 3. The Morgan fingerprint density at radius 1 is 0.917 bits per heavy atom. The van der Waals surface area contributed by atoms with Crippen LogP contribution in [0.5, 0.6) is 0 Å². The molecule has 3 aromatic rings. The topological polar surface area (TPSA) is 15.3 Å². The molecule has 2 nitrogen and oxygen atoms in total. The maximum absolute atomic E-state index is 3.56. The van der Waals surface area contributed by atoms with E-state index in [-0.39, 0.29) is 11.6 Å². The molecule has 3 aliphatic heterocycles. The van der Waals surface area contributed by atoms with E-state index in [1.807, 2.05) is 6.20 Å². The molecule has 0 aromatic heterocycles. The summed E-state index contributed by atoms with van der Waals surface area (Å²) in [5.74, 6) is 0.639. The van der Waals surface area contributed by atoms with Gasteiger partial charge in [-0.15, -0.1) is 0 Å². The van der Waals surface area contributed by atoms with Crippen LogP contribution < -0.4 is 5.32 Å². The third kappa shape index (κ3) is 3.73. The van der Waals surface area contributed by atoms with Gasteiger partial charge in [0, 0.05) is 17.8 Å². The van der Waals surface area contributed by atoms with Gasteiger partial charge in [0.05, 0.1) is 11.6 Å². The summed E-state index contributed by atoms with van der Waals surface area (Å²) in [7, 11) is 0. The smallest absolute Gasteiger partial charge is 0.0891 e. The highest BCUT2D eigenvalue weighted by molar-refractivity contribution is 5.82. The Kier molecular flexibility index (Phi) is 5.68. The molecule has 0 saturated carbocycles. The molecule has 0 fully saturated rings. The molecule has 0 amide bonds. The Morgan fingerprint density at radius 3 is 2.50 bits per heavy atom. The van der Waals surface area contributed by atoms with Gasteiger partial charge >= 0.3 is 0 Å². The second kappa shape index (κ2) is 9.02.